The summed E-state index contributed by atoms with van der Waals surface area (Å²) in [7, 11) is 0. The molecule has 1 spiro atoms. The molecule has 2 aliphatic rings. The minimum Gasteiger partial charge on any atom is -0.338 e. The van der Waals surface area contributed by atoms with E-state index in [1.54, 1.807) is 28.8 Å². The van der Waals surface area contributed by atoms with Crippen molar-refractivity contribution < 1.29 is 14.0 Å². The van der Waals surface area contributed by atoms with Crippen molar-refractivity contribution in [2.24, 2.45) is 0 Å². The number of carbonyl (C=O) groups excluding carboxylic acids is 2. The minimum atomic E-state index is -0.358. The van der Waals surface area contributed by atoms with Crippen LogP contribution in [0.3, 0.4) is 0 Å². The molecule has 27 heavy (non-hydrogen) atoms. The predicted molar refractivity (Wildman–Crippen MR) is 106 cm³/mol. The molecule has 2 aliphatic heterocycles. The summed E-state index contributed by atoms with van der Waals surface area (Å²) in [6.45, 7) is 1.11. The Hall–Kier alpha value is -2.05. The zero-order valence-corrected chi connectivity index (χ0v) is 16.1. The Morgan fingerprint density at radius 3 is 2.30 bits per heavy atom. The monoisotopic (exact) mass is 404 g/mol. The van der Waals surface area contributed by atoms with Crippen LogP contribution < -0.4 is 4.90 Å². The van der Waals surface area contributed by atoms with E-state index in [9.17, 15) is 14.0 Å². The van der Waals surface area contributed by atoms with Gasteiger partial charge in [0.1, 0.15) is 5.82 Å². The largest absolute Gasteiger partial charge is 0.338 e. The molecule has 0 radical (unpaired) electrons. The Morgan fingerprint density at radius 2 is 1.67 bits per heavy atom. The van der Waals surface area contributed by atoms with Crippen LogP contribution in [0.4, 0.5) is 10.1 Å². The molecule has 0 saturated carbocycles. The lowest BCUT2D eigenvalue weighted by Gasteiger charge is -2.44. The predicted octanol–water partition coefficient (Wildman–Crippen LogP) is 4.19. The second-order valence-corrected chi connectivity index (χ2v) is 8.51. The summed E-state index contributed by atoms with van der Waals surface area (Å²) in [5.41, 5.74) is 1.32. The number of halogens is 2. The SMILES string of the molecule is O=C(c1ccc(F)cc1)N1CCC2(CC1)SCC(=O)N2c1ccc(Cl)cc1. The van der Waals surface area contributed by atoms with Crippen LogP contribution in [0.15, 0.2) is 48.5 Å². The molecular weight excluding hydrogens is 387 g/mol. The molecule has 2 amide bonds. The fraction of sp³-hybridized carbons (Fsp3) is 0.300. The zero-order chi connectivity index (χ0) is 19.0. The van der Waals surface area contributed by atoms with Crippen molar-refractivity contribution in [3.05, 3.63) is 64.9 Å². The van der Waals surface area contributed by atoms with Gasteiger partial charge in [0.25, 0.3) is 5.91 Å². The average molecular weight is 405 g/mol. The standard InChI is InChI=1S/C20H18ClFN2O2S/c21-15-3-7-17(8-4-15)24-18(25)13-27-20(24)9-11-23(12-10-20)19(26)14-1-5-16(22)6-2-14/h1-8H,9-13H2. The second-order valence-electron chi connectivity index (χ2n) is 6.74. The van der Waals surface area contributed by atoms with Gasteiger partial charge in [-0.15, -0.1) is 11.8 Å². The van der Waals surface area contributed by atoms with Crippen LogP contribution in [0.5, 0.6) is 0 Å². The van der Waals surface area contributed by atoms with Crippen LogP contribution in [0.25, 0.3) is 0 Å². The van der Waals surface area contributed by atoms with Crippen LogP contribution in [0.1, 0.15) is 23.2 Å². The van der Waals surface area contributed by atoms with Gasteiger partial charge in [-0.3, -0.25) is 14.5 Å². The lowest BCUT2D eigenvalue weighted by Crippen LogP contribution is -2.53. The molecule has 0 atom stereocenters. The Kier molecular flexibility index (Phi) is 4.86. The summed E-state index contributed by atoms with van der Waals surface area (Å²) in [5.74, 6) is 0.0654. The molecule has 0 bridgehead atoms. The quantitative estimate of drug-likeness (QED) is 0.753. The number of rotatable bonds is 2. The highest BCUT2D eigenvalue weighted by molar-refractivity contribution is 8.02. The van der Waals surface area contributed by atoms with Gasteiger partial charge in [0, 0.05) is 29.4 Å². The highest BCUT2D eigenvalue weighted by Gasteiger charge is 2.49. The first-order valence-electron chi connectivity index (χ1n) is 8.76. The number of benzene rings is 2. The maximum atomic E-state index is 13.1. The van der Waals surface area contributed by atoms with Gasteiger partial charge in [-0.2, -0.15) is 0 Å². The first-order chi connectivity index (χ1) is 13.0. The second kappa shape index (κ2) is 7.17. The molecule has 2 aromatic rings. The molecule has 0 unspecified atom stereocenters. The number of piperidine rings is 1. The van der Waals surface area contributed by atoms with Gasteiger partial charge in [0.05, 0.1) is 10.6 Å². The highest BCUT2D eigenvalue weighted by atomic mass is 35.5. The molecule has 4 nitrogen and oxygen atoms in total. The van der Waals surface area contributed by atoms with Crippen LogP contribution in [0, 0.1) is 5.82 Å². The van der Waals surface area contributed by atoms with E-state index in [1.165, 1.54) is 24.3 Å². The number of nitrogens with zero attached hydrogens (tertiary/aromatic N) is 2. The van der Waals surface area contributed by atoms with Crippen LogP contribution in [-0.4, -0.2) is 40.4 Å². The number of hydrogen-bond acceptors (Lipinski definition) is 3. The Balaban J connectivity index is 1.51. The summed E-state index contributed by atoms with van der Waals surface area (Å²) >= 11 is 7.63. The number of amides is 2. The lowest BCUT2D eigenvalue weighted by atomic mass is 10.00. The third-order valence-electron chi connectivity index (χ3n) is 5.13. The summed E-state index contributed by atoms with van der Waals surface area (Å²) < 4.78 is 13.1. The molecule has 0 aromatic heterocycles. The Labute approximate surface area is 166 Å². The summed E-state index contributed by atoms with van der Waals surface area (Å²) in [5, 5.41) is 0.631. The molecule has 0 aliphatic carbocycles. The van der Waals surface area contributed by atoms with Crippen molar-refractivity contribution in [1.29, 1.82) is 0 Å². The molecule has 2 saturated heterocycles. The normalized spacial score (nSPS) is 19.0. The maximum Gasteiger partial charge on any atom is 0.253 e. The average Bonchev–Trinajstić information content (AvgIpc) is 2.99. The van der Waals surface area contributed by atoms with Gasteiger partial charge in [0.2, 0.25) is 5.91 Å². The van der Waals surface area contributed by atoms with E-state index in [4.69, 9.17) is 11.6 Å². The van der Waals surface area contributed by atoms with E-state index in [-0.39, 0.29) is 22.5 Å². The Morgan fingerprint density at radius 1 is 1.04 bits per heavy atom. The number of anilines is 1. The number of hydrogen-bond donors (Lipinski definition) is 0. The molecule has 2 heterocycles. The van der Waals surface area contributed by atoms with Gasteiger partial charge in [-0.1, -0.05) is 11.6 Å². The van der Waals surface area contributed by atoms with Crippen LogP contribution in [-0.2, 0) is 4.79 Å². The van der Waals surface area contributed by atoms with Crippen LogP contribution in [0.2, 0.25) is 5.02 Å². The summed E-state index contributed by atoms with van der Waals surface area (Å²) in [6, 6.07) is 12.9. The number of thioether (sulfide) groups is 1. The third-order valence-corrected chi connectivity index (χ3v) is 6.90. The Bertz CT molecular complexity index is 865. The highest BCUT2D eigenvalue weighted by Crippen LogP contribution is 2.47. The topological polar surface area (TPSA) is 40.6 Å². The van der Waals surface area contributed by atoms with Crippen molar-refractivity contribution in [3.8, 4) is 0 Å². The maximum absolute atomic E-state index is 13.1. The number of carbonyl (C=O) groups is 2. The third kappa shape index (κ3) is 3.44. The van der Waals surface area contributed by atoms with Crippen LogP contribution >= 0.6 is 23.4 Å². The molecule has 4 rings (SSSR count). The summed E-state index contributed by atoms with van der Waals surface area (Å²) in [4.78, 5) is 28.5. The molecule has 140 valence electrons. The van der Waals surface area contributed by atoms with E-state index in [2.05, 4.69) is 0 Å². The van der Waals surface area contributed by atoms with Crippen molar-refractivity contribution in [2.75, 3.05) is 23.7 Å². The molecule has 0 N–H and O–H groups in total. The minimum absolute atomic E-state index is 0.0839. The van der Waals surface area contributed by atoms with Gasteiger partial charge in [-0.05, 0) is 61.4 Å². The van der Waals surface area contributed by atoms with E-state index >= 15 is 0 Å². The van der Waals surface area contributed by atoms with E-state index in [0.717, 1.165) is 5.69 Å². The fourth-order valence-electron chi connectivity index (χ4n) is 3.72. The molecule has 7 heteroatoms. The van der Waals surface area contributed by atoms with Gasteiger partial charge >= 0.3 is 0 Å². The molecular formula is C20H18ClFN2O2S. The van der Waals surface area contributed by atoms with Gasteiger partial charge in [-0.25, -0.2) is 4.39 Å². The molecule has 2 fully saturated rings. The van der Waals surface area contributed by atoms with Crippen molar-refractivity contribution >= 4 is 40.9 Å². The first-order valence-corrected chi connectivity index (χ1v) is 10.1. The van der Waals surface area contributed by atoms with E-state index in [0.29, 0.717) is 42.3 Å². The fourth-order valence-corrected chi connectivity index (χ4v) is 5.18. The first kappa shape index (κ1) is 18.3. The van der Waals surface area contributed by atoms with Crippen molar-refractivity contribution in [3.63, 3.8) is 0 Å². The molecule has 2 aromatic carbocycles. The smallest absolute Gasteiger partial charge is 0.253 e. The van der Waals surface area contributed by atoms with Crippen molar-refractivity contribution in [2.45, 2.75) is 17.7 Å². The van der Waals surface area contributed by atoms with Gasteiger partial charge in [0.15, 0.2) is 0 Å². The van der Waals surface area contributed by atoms with E-state index < -0.39 is 0 Å². The lowest BCUT2D eigenvalue weighted by molar-refractivity contribution is -0.116. The van der Waals surface area contributed by atoms with E-state index in [1.807, 2.05) is 17.0 Å². The van der Waals surface area contributed by atoms with Gasteiger partial charge < -0.3 is 4.90 Å². The zero-order valence-electron chi connectivity index (χ0n) is 14.5. The summed E-state index contributed by atoms with van der Waals surface area (Å²) in [6.07, 6.45) is 1.39. The number of likely N-dealkylation sites (tertiary alicyclic amines) is 1. The van der Waals surface area contributed by atoms with Crippen molar-refractivity contribution in [1.82, 2.24) is 4.90 Å².